The molecule has 29 heavy (non-hydrogen) atoms. The van der Waals surface area contributed by atoms with E-state index in [2.05, 4.69) is 10.5 Å². The maximum atomic E-state index is 12.3. The van der Waals surface area contributed by atoms with Crippen molar-refractivity contribution in [2.75, 3.05) is 6.79 Å². The molecule has 0 spiro atoms. The normalized spacial score (nSPS) is 15.6. The van der Waals surface area contributed by atoms with Crippen molar-refractivity contribution < 1.29 is 23.9 Å². The predicted octanol–water partition coefficient (Wildman–Crippen LogP) is 3.41. The molecular weight excluding hydrogens is 378 g/mol. The van der Waals surface area contributed by atoms with Gasteiger partial charge in [0.1, 0.15) is 5.75 Å². The molecule has 1 saturated carbocycles. The first-order chi connectivity index (χ1) is 14.1. The summed E-state index contributed by atoms with van der Waals surface area (Å²) < 4.78 is 16.2. The molecule has 2 aromatic carbocycles. The van der Waals surface area contributed by atoms with Crippen LogP contribution in [-0.2, 0) is 0 Å². The summed E-state index contributed by atoms with van der Waals surface area (Å²) in [6.07, 6.45) is 5.94. The predicted molar refractivity (Wildman–Crippen MR) is 104 cm³/mol. The first-order valence-electron chi connectivity index (χ1n) is 9.28. The van der Waals surface area contributed by atoms with Crippen LogP contribution in [0.25, 0.3) is 0 Å². The number of benzene rings is 2. The molecule has 0 atom stereocenters. The molecule has 1 N–H and O–H groups in total. The van der Waals surface area contributed by atoms with Gasteiger partial charge in [-0.15, -0.1) is 0 Å². The van der Waals surface area contributed by atoms with E-state index >= 15 is 0 Å². The van der Waals surface area contributed by atoms with Crippen molar-refractivity contribution in [1.82, 2.24) is 5.43 Å². The quantitative estimate of drug-likeness (QED) is 0.454. The zero-order valence-corrected chi connectivity index (χ0v) is 15.5. The maximum absolute atomic E-state index is 12.3. The molecule has 9 heteroatoms. The van der Waals surface area contributed by atoms with Crippen LogP contribution in [0.3, 0.4) is 0 Å². The fraction of sp³-hybridized carbons (Fsp3) is 0.300. The Morgan fingerprint density at radius 3 is 2.55 bits per heavy atom. The minimum atomic E-state index is -0.547. The Morgan fingerprint density at radius 2 is 1.86 bits per heavy atom. The number of nitro benzene ring substituents is 1. The Bertz CT molecular complexity index is 951. The lowest BCUT2D eigenvalue weighted by Gasteiger charge is -2.13. The highest BCUT2D eigenvalue weighted by atomic mass is 16.7. The van der Waals surface area contributed by atoms with E-state index in [4.69, 9.17) is 14.2 Å². The summed E-state index contributed by atoms with van der Waals surface area (Å²) in [6.45, 7) is 0.00424. The molecule has 0 unspecified atom stereocenters. The molecule has 150 valence electrons. The number of hydrogen-bond acceptors (Lipinski definition) is 7. The second-order valence-electron chi connectivity index (χ2n) is 6.77. The standard InChI is InChI=1S/C20H19N3O6/c24-20(13-5-7-16(8-6-13)29-15-3-1-2-4-15)22-21-11-14-9-18-19(28-12-27-18)10-17(14)23(25)26/h5-11,15H,1-4,12H2,(H,22,24)/b21-11+. The highest BCUT2D eigenvalue weighted by Crippen LogP contribution is 2.37. The minimum absolute atomic E-state index is 0.00424. The van der Waals surface area contributed by atoms with Crippen molar-refractivity contribution in [2.24, 2.45) is 5.10 Å². The zero-order chi connectivity index (χ0) is 20.2. The van der Waals surface area contributed by atoms with Crippen LogP contribution in [-0.4, -0.2) is 29.9 Å². The van der Waals surface area contributed by atoms with Gasteiger partial charge in [0, 0.05) is 5.56 Å². The van der Waals surface area contributed by atoms with E-state index in [9.17, 15) is 14.9 Å². The second-order valence-corrected chi connectivity index (χ2v) is 6.77. The van der Waals surface area contributed by atoms with E-state index in [0.29, 0.717) is 17.1 Å². The number of nitrogens with one attached hydrogen (secondary N) is 1. The van der Waals surface area contributed by atoms with E-state index in [1.807, 2.05) is 0 Å². The SMILES string of the molecule is O=C(N/N=C/c1cc2c(cc1[N+](=O)[O-])OCO2)c1ccc(OC2CCCC2)cc1. The van der Waals surface area contributed by atoms with Gasteiger partial charge in [-0.25, -0.2) is 5.43 Å². The third-order valence-corrected chi connectivity index (χ3v) is 4.81. The van der Waals surface area contributed by atoms with Crippen LogP contribution in [0.5, 0.6) is 17.2 Å². The Balaban J connectivity index is 1.40. The molecule has 1 aliphatic heterocycles. The Kier molecular flexibility index (Phi) is 5.28. The topological polar surface area (TPSA) is 112 Å². The van der Waals surface area contributed by atoms with Crippen molar-refractivity contribution in [3.05, 3.63) is 57.6 Å². The molecular formula is C20H19N3O6. The first-order valence-corrected chi connectivity index (χ1v) is 9.28. The minimum Gasteiger partial charge on any atom is -0.490 e. The number of nitro groups is 1. The highest BCUT2D eigenvalue weighted by molar-refractivity contribution is 5.95. The molecule has 1 amide bonds. The average molecular weight is 397 g/mol. The fourth-order valence-electron chi connectivity index (χ4n) is 3.32. The van der Waals surface area contributed by atoms with Gasteiger partial charge in [0.25, 0.3) is 11.6 Å². The number of hydrazone groups is 1. The van der Waals surface area contributed by atoms with Crippen LogP contribution < -0.4 is 19.6 Å². The van der Waals surface area contributed by atoms with Crippen molar-refractivity contribution >= 4 is 17.8 Å². The highest BCUT2D eigenvalue weighted by Gasteiger charge is 2.22. The molecule has 4 rings (SSSR count). The van der Waals surface area contributed by atoms with Gasteiger partial charge < -0.3 is 14.2 Å². The number of nitrogens with zero attached hydrogens (tertiary/aromatic N) is 2. The monoisotopic (exact) mass is 397 g/mol. The second kappa shape index (κ2) is 8.17. The molecule has 0 bridgehead atoms. The van der Waals surface area contributed by atoms with Gasteiger partial charge >= 0.3 is 0 Å². The van der Waals surface area contributed by atoms with Crippen LogP contribution in [0.4, 0.5) is 5.69 Å². The van der Waals surface area contributed by atoms with E-state index in [0.717, 1.165) is 18.6 Å². The molecule has 9 nitrogen and oxygen atoms in total. The van der Waals surface area contributed by atoms with Crippen molar-refractivity contribution in [2.45, 2.75) is 31.8 Å². The van der Waals surface area contributed by atoms with Crippen LogP contribution in [0.15, 0.2) is 41.5 Å². The van der Waals surface area contributed by atoms with E-state index in [1.54, 1.807) is 24.3 Å². The van der Waals surface area contributed by atoms with Crippen molar-refractivity contribution in [3.8, 4) is 17.2 Å². The molecule has 2 aliphatic rings. The lowest BCUT2D eigenvalue weighted by Crippen LogP contribution is -2.17. The first kappa shape index (κ1) is 18.7. The van der Waals surface area contributed by atoms with Crippen LogP contribution in [0, 0.1) is 10.1 Å². The summed E-state index contributed by atoms with van der Waals surface area (Å²) in [5.74, 6) is 0.990. The smallest absolute Gasteiger partial charge is 0.282 e. The van der Waals surface area contributed by atoms with Crippen molar-refractivity contribution in [1.29, 1.82) is 0 Å². The van der Waals surface area contributed by atoms with Crippen LogP contribution in [0.2, 0.25) is 0 Å². The molecule has 2 aromatic rings. The number of amides is 1. The number of rotatable bonds is 6. The fourth-order valence-corrected chi connectivity index (χ4v) is 3.32. The van der Waals surface area contributed by atoms with Crippen LogP contribution >= 0.6 is 0 Å². The summed E-state index contributed by atoms with van der Waals surface area (Å²) in [6, 6.07) is 9.52. The van der Waals surface area contributed by atoms with Gasteiger partial charge in [0.15, 0.2) is 11.5 Å². The largest absolute Gasteiger partial charge is 0.490 e. The van der Waals surface area contributed by atoms with Gasteiger partial charge in [0.05, 0.1) is 28.9 Å². The van der Waals surface area contributed by atoms with Crippen molar-refractivity contribution in [3.63, 3.8) is 0 Å². The third kappa shape index (κ3) is 4.29. The lowest BCUT2D eigenvalue weighted by molar-refractivity contribution is -0.385. The summed E-state index contributed by atoms with van der Waals surface area (Å²) in [4.78, 5) is 22.9. The Labute approximate surface area is 166 Å². The van der Waals surface area contributed by atoms with Gasteiger partial charge in [-0.05, 0) is 56.0 Å². The molecule has 0 saturated heterocycles. The summed E-state index contributed by atoms with van der Waals surface area (Å²) >= 11 is 0. The summed E-state index contributed by atoms with van der Waals surface area (Å²) in [7, 11) is 0. The maximum Gasteiger partial charge on any atom is 0.282 e. The Morgan fingerprint density at radius 1 is 1.17 bits per heavy atom. The number of hydrogen-bond donors (Lipinski definition) is 1. The van der Waals surface area contributed by atoms with Gasteiger partial charge in [-0.2, -0.15) is 5.10 Å². The summed E-state index contributed by atoms with van der Waals surface area (Å²) in [5.41, 5.74) is 2.77. The number of ether oxygens (including phenoxy) is 3. The van der Waals surface area contributed by atoms with Gasteiger partial charge in [-0.1, -0.05) is 0 Å². The van der Waals surface area contributed by atoms with Crippen LogP contribution in [0.1, 0.15) is 41.6 Å². The van der Waals surface area contributed by atoms with Gasteiger partial charge in [0.2, 0.25) is 6.79 Å². The molecule has 1 fully saturated rings. The molecule has 0 radical (unpaired) electrons. The molecule has 1 aliphatic carbocycles. The van der Waals surface area contributed by atoms with E-state index < -0.39 is 10.8 Å². The molecule has 1 heterocycles. The number of carbonyl (C=O) groups excluding carboxylic acids is 1. The third-order valence-electron chi connectivity index (χ3n) is 4.81. The molecule has 0 aromatic heterocycles. The van der Waals surface area contributed by atoms with E-state index in [-0.39, 0.29) is 24.1 Å². The van der Waals surface area contributed by atoms with Gasteiger partial charge in [-0.3, -0.25) is 14.9 Å². The number of carbonyl (C=O) groups is 1. The zero-order valence-electron chi connectivity index (χ0n) is 15.5. The Hall–Kier alpha value is -3.62. The van der Waals surface area contributed by atoms with E-state index in [1.165, 1.54) is 31.2 Å². The lowest BCUT2D eigenvalue weighted by atomic mass is 10.1. The summed E-state index contributed by atoms with van der Waals surface area (Å²) in [5, 5.41) is 15.1. The number of fused-ring (bicyclic) bond motifs is 1. The average Bonchev–Trinajstić information content (AvgIpc) is 3.39.